The lowest BCUT2D eigenvalue weighted by atomic mass is 10.1. The van der Waals surface area contributed by atoms with Crippen molar-refractivity contribution in [3.05, 3.63) is 255 Å². The van der Waals surface area contributed by atoms with Crippen LogP contribution in [0.1, 0.15) is 73.6 Å². The number of aromatic nitrogens is 7. The minimum atomic E-state index is -3.87. The molecular formula is C86H84Cl2FN19O13S3. The Morgan fingerprint density at radius 1 is 0.742 bits per heavy atom. The van der Waals surface area contributed by atoms with Crippen LogP contribution in [-0.2, 0) is 35.9 Å². The third-order valence-corrected chi connectivity index (χ3v) is 23.0. The van der Waals surface area contributed by atoms with Gasteiger partial charge in [0.2, 0.25) is 32.6 Å². The Morgan fingerprint density at radius 2 is 1.44 bits per heavy atom. The van der Waals surface area contributed by atoms with E-state index in [1.165, 1.54) is 72.9 Å². The first kappa shape index (κ1) is 88.5. The van der Waals surface area contributed by atoms with Crippen molar-refractivity contribution in [3.8, 4) is 34.4 Å². The number of thioether (sulfide) groups is 2. The van der Waals surface area contributed by atoms with Crippen molar-refractivity contribution in [3.63, 3.8) is 0 Å². The van der Waals surface area contributed by atoms with Crippen LogP contribution < -0.4 is 56.7 Å². The topological polar surface area (TPSA) is 417 Å². The van der Waals surface area contributed by atoms with Gasteiger partial charge in [0.1, 0.15) is 53.8 Å². The summed E-state index contributed by atoms with van der Waals surface area (Å²) in [6.07, 6.45) is 5.92. The number of fused-ring (bicyclic) bond motifs is 4. The summed E-state index contributed by atoms with van der Waals surface area (Å²) in [5, 5.41) is 24.0. The molecule has 0 aliphatic carbocycles. The van der Waals surface area contributed by atoms with Gasteiger partial charge in [0, 0.05) is 84.6 Å². The summed E-state index contributed by atoms with van der Waals surface area (Å²) in [7, 11) is -3.87. The largest absolute Gasteiger partial charge is 0.486 e. The number of sulfonamides is 1. The molecule has 3 amide bonds. The highest BCUT2D eigenvalue weighted by Crippen LogP contribution is 2.40. The summed E-state index contributed by atoms with van der Waals surface area (Å²) in [5.41, 5.74) is 15.4. The van der Waals surface area contributed by atoms with Gasteiger partial charge in [-0.25, -0.2) is 47.9 Å². The predicted octanol–water partition coefficient (Wildman–Crippen LogP) is 14.4. The standard InChI is InChI=1S/C27H27FN4O2S.C21H14N4O3S.C15H15N3O6S.C12H14Cl2N4.C11H14N4O2/c28-22-9-5-4-6-20(22)17-35-18-25-26(33)30-24-16-19(10-11-23(24)29-25)27(34)32-14-12-31(13-15-32)21-7-2-1-3-8-21;26-18-11-13(14-5-1-2-6-15(14)22-18)12-29-21-23-19(16-7-3-9-27-16)20(24-25-21)17-8-4-10-28-17;19-15(18-16-9-11-2-1-5-22-11)10-17-25(20,21)12-3-4-13-14(8-12)24-7-6-23-13;1-7-16-11(15)17-12(2,3)18(7)10-8(13)5-4-6-9(10)14;1-5(6(2)16)12-10-9-11(14-7(3)13-10)17-8(4)15-9/h1-11,16,25,29H,12-15,17-18H2,(H,30,33);1-11H,12H2,(H,22,26);1-5,8-9,17H,6-7,10H2,(H,18,19);4-6H,1-3H3,(H2,15,17);5H,1-4H3,(H,12,13,14)/b;;16-9+;;. The number of carbonyl (C=O) groups excluding carboxylic acids is 4. The second-order valence-corrected chi connectivity index (χ2v) is 32.9. The number of hydrazone groups is 1. The molecule has 0 saturated carbocycles. The van der Waals surface area contributed by atoms with Crippen molar-refractivity contribution in [2.24, 2.45) is 20.8 Å². The lowest BCUT2D eigenvalue weighted by Crippen LogP contribution is -2.50. The molecule has 17 rings (SSSR count). The molecule has 1 saturated heterocycles. The number of guanidine groups is 1. The zero-order valence-corrected chi connectivity index (χ0v) is 71.8. The zero-order chi connectivity index (χ0) is 87.6. The first-order valence-electron chi connectivity index (χ1n) is 38.7. The van der Waals surface area contributed by atoms with E-state index in [1.54, 1.807) is 112 Å². The smallest absolute Gasteiger partial charge is 0.255 e. The van der Waals surface area contributed by atoms with Crippen molar-refractivity contribution in [2.45, 2.75) is 87.8 Å². The van der Waals surface area contributed by atoms with E-state index in [2.05, 4.69) is 93.3 Å². The number of amidine groups is 1. The van der Waals surface area contributed by atoms with E-state index in [9.17, 15) is 36.8 Å². The van der Waals surface area contributed by atoms with Gasteiger partial charge in [0.15, 0.2) is 51.7 Å². The lowest BCUT2D eigenvalue weighted by molar-refractivity contribution is -0.120. The van der Waals surface area contributed by atoms with Crippen LogP contribution in [0.15, 0.2) is 242 Å². The molecule has 0 spiro atoms. The maximum absolute atomic E-state index is 13.8. The number of halogens is 3. The van der Waals surface area contributed by atoms with Gasteiger partial charge in [-0.3, -0.25) is 24.0 Å². The quantitative estimate of drug-likeness (QED) is 0.0200. The van der Waals surface area contributed by atoms with Crippen LogP contribution >= 0.6 is 46.7 Å². The van der Waals surface area contributed by atoms with E-state index in [4.69, 9.17) is 56.1 Å². The molecule has 13 aromatic rings. The summed E-state index contributed by atoms with van der Waals surface area (Å²) in [6.45, 7) is 15.7. The molecule has 124 heavy (non-hydrogen) atoms. The van der Waals surface area contributed by atoms with Gasteiger partial charge in [0.05, 0.1) is 69.6 Å². The molecule has 4 aliphatic heterocycles. The molecule has 6 aromatic carbocycles. The Morgan fingerprint density at radius 3 is 2.15 bits per heavy atom. The van der Waals surface area contributed by atoms with Crippen molar-refractivity contribution in [1.82, 2.24) is 50.2 Å². The fourth-order valence-electron chi connectivity index (χ4n) is 13.0. The number of aryl methyl sites for hydroxylation is 2. The maximum atomic E-state index is 13.8. The monoisotopic (exact) mass is 1780 g/mol. The third-order valence-electron chi connectivity index (χ3n) is 19.0. The fraction of sp³-hybridized carbons (Fsp3) is 0.233. The third kappa shape index (κ3) is 22.7. The SMILES string of the molecule is CC(=O)C(C)Nc1nc(C)nc2oc(C)nc12.CC1=NC(N)=NC(C)(C)N1c1c(Cl)cccc1Cl.O=C(CNS(=O)(=O)c1ccc2c(c1)OCCO2)N/N=C/c1ccco1.O=C1Nc2cc(C(=O)N3CCN(c4ccccc4)CC3)ccc2NC1CSCc1ccccc1F.O=c1cc(CSc2nnc(-c3ccco3)c(-c3ccco3)n2)c2ccccc2[nH]1. The van der Waals surface area contributed by atoms with Crippen molar-refractivity contribution in [2.75, 3.05) is 77.4 Å². The molecule has 32 nitrogen and oxygen atoms in total. The van der Waals surface area contributed by atoms with E-state index in [0.29, 0.717) is 156 Å². The number of anilines is 5. The minimum Gasteiger partial charge on any atom is -0.486 e. The van der Waals surface area contributed by atoms with E-state index < -0.39 is 34.2 Å². The Bertz CT molecular complexity index is 6240. The molecule has 0 radical (unpaired) electrons. The highest BCUT2D eigenvalue weighted by atomic mass is 35.5. The van der Waals surface area contributed by atoms with E-state index >= 15 is 0 Å². The molecule has 640 valence electrons. The normalized spacial score (nSPS) is 14.7. The highest BCUT2D eigenvalue weighted by Gasteiger charge is 2.35. The van der Waals surface area contributed by atoms with Gasteiger partial charge >= 0.3 is 0 Å². The number of aromatic amines is 1. The summed E-state index contributed by atoms with van der Waals surface area (Å²) < 4.78 is 72.5. The van der Waals surface area contributed by atoms with Gasteiger partial charge in [0.25, 0.3) is 17.5 Å². The van der Waals surface area contributed by atoms with Crippen LogP contribution in [-0.4, -0.2) is 159 Å². The summed E-state index contributed by atoms with van der Waals surface area (Å²) in [4.78, 5) is 95.2. The Kier molecular flexibility index (Phi) is 29.0. The number of ether oxygens (including phenoxy) is 2. The number of hydrogen-bond donors (Lipinski definition) is 7. The van der Waals surface area contributed by atoms with Crippen LogP contribution in [0.2, 0.25) is 10.0 Å². The number of amides is 3. The number of ketones is 1. The number of nitrogens with zero attached hydrogens (tertiary/aromatic N) is 12. The average Bonchev–Trinajstić information content (AvgIpc) is 0.805. The predicted molar refractivity (Wildman–Crippen MR) is 477 cm³/mol. The van der Waals surface area contributed by atoms with E-state index in [0.717, 1.165) is 35.2 Å². The number of pyridine rings is 1. The van der Waals surface area contributed by atoms with Crippen molar-refractivity contribution < 1.29 is 59.1 Å². The number of piperazine rings is 1. The molecule has 2 atom stereocenters. The molecule has 7 aromatic heterocycles. The number of furan rings is 3. The molecule has 8 N–H and O–H groups in total. The van der Waals surface area contributed by atoms with Crippen molar-refractivity contribution in [1.29, 1.82) is 0 Å². The number of H-pyrrole nitrogens is 1. The number of para-hydroxylation sites is 3. The van der Waals surface area contributed by atoms with Gasteiger partial charge in [-0.15, -0.1) is 10.2 Å². The molecule has 2 unspecified atom stereocenters. The number of hydrogen-bond acceptors (Lipinski definition) is 29. The summed E-state index contributed by atoms with van der Waals surface area (Å²) >= 11 is 15.4. The molecule has 1 fully saturated rings. The van der Waals surface area contributed by atoms with Crippen LogP contribution in [0.25, 0.3) is 45.0 Å². The number of benzene rings is 6. The minimum absolute atomic E-state index is 0.0244. The first-order valence-corrected chi connectivity index (χ1v) is 43.0. The zero-order valence-electron chi connectivity index (χ0n) is 67.9. The number of rotatable bonds is 21. The number of nitrogens with one attached hydrogen (secondary N) is 6. The molecule has 4 aliphatic rings. The first-order chi connectivity index (χ1) is 59.7. The van der Waals surface area contributed by atoms with Gasteiger partial charge < -0.3 is 68.5 Å². The molecule has 38 heteroatoms. The highest BCUT2D eigenvalue weighted by molar-refractivity contribution is 7.98. The van der Waals surface area contributed by atoms with Gasteiger partial charge in [-0.2, -0.15) is 21.8 Å². The number of nitrogens with two attached hydrogens (primary N) is 1. The Balaban J connectivity index is 0.000000137. The second-order valence-electron chi connectivity index (χ2n) is 28.4. The summed E-state index contributed by atoms with van der Waals surface area (Å²) in [6, 6.07) is 51.0. The number of Topliss-reactive ketones (excluding diaryl/α,β-unsaturated/α-hetero) is 1. The molecule has 11 heterocycles. The lowest BCUT2D eigenvalue weighted by Gasteiger charge is -2.40. The van der Waals surface area contributed by atoms with E-state index in [-0.39, 0.29) is 45.9 Å². The molecular weight excluding hydrogens is 1690 g/mol. The maximum Gasteiger partial charge on any atom is 0.255 e. The van der Waals surface area contributed by atoms with Crippen LogP contribution in [0.4, 0.5) is 33.0 Å². The van der Waals surface area contributed by atoms with Gasteiger partial charge in [-0.05, 0) is 156 Å². The molecule has 0 bridgehead atoms. The summed E-state index contributed by atoms with van der Waals surface area (Å²) in [5.74, 6) is 5.57. The van der Waals surface area contributed by atoms with Crippen molar-refractivity contribution >= 4 is 149 Å². The average molecular weight is 1780 g/mol. The number of aliphatic imine (C=N–C) groups is 2. The van der Waals surface area contributed by atoms with Crippen LogP contribution in [0, 0.1) is 19.7 Å². The Labute approximate surface area is 729 Å². The second kappa shape index (κ2) is 40.6. The Hall–Kier alpha value is -13.3. The van der Waals surface area contributed by atoms with Gasteiger partial charge in [-0.1, -0.05) is 95.6 Å². The van der Waals surface area contributed by atoms with Crippen LogP contribution in [0.5, 0.6) is 11.5 Å². The van der Waals surface area contributed by atoms with E-state index in [1.807, 2.05) is 91.2 Å². The van der Waals surface area contributed by atoms with Crippen LogP contribution in [0.3, 0.4) is 0 Å². The number of carbonyl (C=O) groups is 4. The number of oxazole rings is 1. The fourth-order valence-corrected chi connectivity index (χ4v) is 16.4.